The smallest absolute Gasteiger partial charge is 0.0611 e. The predicted octanol–water partition coefficient (Wildman–Crippen LogP) is 1.54. The summed E-state index contributed by atoms with van der Waals surface area (Å²) in [4.78, 5) is 4.92. The summed E-state index contributed by atoms with van der Waals surface area (Å²) in [5.74, 6) is 0. The average Bonchev–Trinajstić information content (AvgIpc) is 2.75. The molecule has 4 heteroatoms. The van der Waals surface area contributed by atoms with E-state index in [0.717, 1.165) is 13.0 Å². The van der Waals surface area contributed by atoms with Crippen molar-refractivity contribution < 1.29 is 5.11 Å². The summed E-state index contributed by atoms with van der Waals surface area (Å²) >= 11 is 0. The normalized spacial score (nSPS) is 25.4. The largest absolute Gasteiger partial charge is 0.394 e. The van der Waals surface area contributed by atoms with Crippen molar-refractivity contribution in [2.24, 2.45) is 0 Å². The Kier molecular flexibility index (Phi) is 6.92. The van der Waals surface area contributed by atoms with Gasteiger partial charge in [-0.25, -0.2) is 0 Å². The maximum absolute atomic E-state index is 9.75. The number of aliphatic hydroxyl groups is 1. The van der Waals surface area contributed by atoms with Gasteiger partial charge < -0.3 is 15.3 Å². The molecule has 3 unspecified atom stereocenters. The fraction of sp³-hybridized carbons (Fsp3) is 1.00. The Labute approximate surface area is 125 Å². The van der Waals surface area contributed by atoms with Crippen LogP contribution in [0.25, 0.3) is 0 Å². The molecule has 4 nitrogen and oxygen atoms in total. The number of aliphatic hydroxyl groups excluding tert-OH is 1. The molecule has 20 heavy (non-hydrogen) atoms. The van der Waals surface area contributed by atoms with Gasteiger partial charge in [0.15, 0.2) is 0 Å². The van der Waals surface area contributed by atoms with Crippen LogP contribution in [0.3, 0.4) is 0 Å². The van der Waals surface area contributed by atoms with Gasteiger partial charge in [0, 0.05) is 30.2 Å². The number of hydrogen-bond acceptors (Lipinski definition) is 4. The minimum Gasteiger partial charge on any atom is -0.394 e. The van der Waals surface area contributed by atoms with Crippen LogP contribution in [0.15, 0.2) is 0 Å². The molecular weight excluding hydrogens is 250 g/mol. The number of hydrogen-bond donors (Lipinski definition) is 2. The van der Waals surface area contributed by atoms with Gasteiger partial charge in [-0.2, -0.15) is 0 Å². The number of likely N-dealkylation sites (tertiary alicyclic amines) is 1. The Morgan fingerprint density at radius 3 is 2.50 bits per heavy atom. The van der Waals surface area contributed by atoms with Gasteiger partial charge in [-0.15, -0.1) is 0 Å². The first-order chi connectivity index (χ1) is 9.27. The van der Waals surface area contributed by atoms with E-state index in [1.165, 1.54) is 19.4 Å². The second-order valence-electron chi connectivity index (χ2n) is 7.37. The minimum absolute atomic E-state index is 0.182. The molecule has 0 aromatic heterocycles. The molecule has 0 aliphatic carbocycles. The van der Waals surface area contributed by atoms with Gasteiger partial charge >= 0.3 is 0 Å². The quantitative estimate of drug-likeness (QED) is 0.709. The average molecular weight is 285 g/mol. The van der Waals surface area contributed by atoms with Crippen molar-refractivity contribution in [3.05, 3.63) is 0 Å². The second-order valence-corrected chi connectivity index (χ2v) is 7.37. The number of rotatable bonds is 8. The van der Waals surface area contributed by atoms with Crippen LogP contribution in [0, 0.1) is 0 Å². The maximum Gasteiger partial charge on any atom is 0.0611 e. The molecule has 0 bridgehead atoms. The molecule has 1 aliphatic heterocycles. The molecule has 0 amide bonds. The fourth-order valence-corrected chi connectivity index (χ4v) is 3.69. The van der Waals surface area contributed by atoms with Crippen molar-refractivity contribution in [3.63, 3.8) is 0 Å². The van der Waals surface area contributed by atoms with E-state index in [4.69, 9.17) is 0 Å². The van der Waals surface area contributed by atoms with E-state index < -0.39 is 0 Å². The molecule has 0 saturated carbocycles. The molecule has 1 aliphatic rings. The highest BCUT2D eigenvalue weighted by molar-refractivity contribution is 4.92. The maximum atomic E-state index is 9.75. The van der Waals surface area contributed by atoms with Crippen LogP contribution in [-0.2, 0) is 0 Å². The first-order valence-corrected chi connectivity index (χ1v) is 8.06. The molecule has 0 radical (unpaired) electrons. The van der Waals surface area contributed by atoms with Crippen LogP contribution in [0.2, 0.25) is 0 Å². The first-order valence-electron chi connectivity index (χ1n) is 8.06. The summed E-state index contributed by atoms with van der Waals surface area (Å²) in [5, 5.41) is 13.3. The highest BCUT2D eigenvalue weighted by Crippen LogP contribution is 2.25. The Morgan fingerprint density at radius 2 is 2.00 bits per heavy atom. The number of nitrogens with one attached hydrogen (secondary N) is 1. The van der Waals surface area contributed by atoms with E-state index in [0.29, 0.717) is 18.1 Å². The highest BCUT2D eigenvalue weighted by Gasteiger charge is 2.33. The van der Waals surface area contributed by atoms with Crippen molar-refractivity contribution in [3.8, 4) is 0 Å². The topological polar surface area (TPSA) is 38.7 Å². The molecule has 120 valence electrons. The lowest BCUT2D eigenvalue weighted by atomic mass is 9.92. The predicted molar refractivity (Wildman–Crippen MR) is 86.1 cm³/mol. The second kappa shape index (κ2) is 7.74. The van der Waals surface area contributed by atoms with Crippen LogP contribution in [0.4, 0.5) is 0 Å². The van der Waals surface area contributed by atoms with Gasteiger partial charge in [-0.3, -0.25) is 4.90 Å². The fourth-order valence-electron chi connectivity index (χ4n) is 3.69. The highest BCUT2D eigenvalue weighted by atomic mass is 16.3. The molecule has 1 heterocycles. The zero-order chi connectivity index (χ0) is 15.3. The van der Waals surface area contributed by atoms with Crippen molar-refractivity contribution in [2.45, 2.75) is 70.6 Å². The molecule has 1 fully saturated rings. The summed E-state index contributed by atoms with van der Waals surface area (Å²) in [6.07, 6.45) is 3.60. The lowest BCUT2D eigenvalue weighted by molar-refractivity contribution is 0.0950. The Bertz CT molecular complexity index is 283. The number of likely N-dealkylation sites (N-methyl/N-ethyl adjacent to an activating group) is 1. The van der Waals surface area contributed by atoms with E-state index in [1.807, 2.05) is 0 Å². The summed E-state index contributed by atoms with van der Waals surface area (Å²) in [7, 11) is 4.30. The van der Waals surface area contributed by atoms with Gasteiger partial charge in [0.1, 0.15) is 0 Å². The first kappa shape index (κ1) is 17.9. The van der Waals surface area contributed by atoms with Crippen molar-refractivity contribution in [1.29, 1.82) is 0 Å². The molecule has 3 atom stereocenters. The standard InChI is InChI=1S/C16H35N3O/c1-13(2)17-16(4,12-20)10-14(3)19-9-7-8-15(19)11-18(5)6/h13-15,17,20H,7-12H2,1-6H3. The van der Waals surface area contributed by atoms with Crippen LogP contribution >= 0.6 is 0 Å². The monoisotopic (exact) mass is 285 g/mol. The van der Waals surface area contributed by atoms with Gasteiger partial charge in [0.05, 0.1) is 6.61 Å². The third-order valence-corrected chi connectivity index (χ3v) is 4.30. The number of nitrogens with zero attached hydrogens (tertiary/aromatic N) is 2. The molecule has 2 N–H and O–H groups in total. The zero-order valence-electron chi connectivity index (χ0n) is 14.3. The molecule has 0 aromatic carbocycles. The van der Waals surface area contributed by atoms with Crippen LogP contribution in [-0.4, -0.2) is 72.4 Å². The Hall–Kier alpha value is -0.160. The third-order valence-electron chi connectivity index (χ3n) is 4.30. The van der Waals surface area contributed by atoms with Gasteiger partial charge in [-0.05, 0) is 53.8 Å². The third kappa shape index (κ3) is 5.32. The van der Waals surface area contributed by atoms with E-state index in [2.05, 4.69) is 56.9 Å². The van der Waals surface area contributed by atoms with E-state index in [-0.39, 0.29) is 12.1 Å². The summed E-state index contributed by atoms with van der Waals surface area (Å²) in [5.41, 5.74) is -0.182. The van der Waals surface area contributed by atoms with E-state index >= 15 is 0 Å². The summed E-state index contributed by atoms with van der Waals surface area (Å²) < 4.78 is 0. The SMILES string of the molecule is CC(C)NC(C)(CO)CC(C)N1CCCC1CN(C)C. The van der Waals surface area contributed by atoms with E-state index in [1.54, 1.807) is 0 Å². The minimum atomic E-state index is -0.182. The van der Waals surface area contributed by atoms with Gasteiger partial charge in [0.25, 0.3) is 0 Å². The molecule has 1 rings (SSSR count). The van der Waals surface area contributed by atoms with Crippen molar-refractivity contribution in [1.82, 2.24) is 15.1 Å². The van der Waals surface area contributed by atoms with Crippen LogP contribution < -0.4 is 5.32 Å². The summed E-state index contributed by atoms with van der Waals surface area (Å²) in [6.45, 7) is 11.3. The van der Waals surface area contributed by atoms with Crippen molar-refractivity contribution in [2.75, 3.05) is 33.8 Å². The van der Waals surface area contributed by atoms with E-state index in [9.17, 15) is 5.11 Å². The van der Waals surface area contributed by atoms with Crippen LogP contribution in [0.1, 0.15) is 47.0 Å². The molecule has 0 aromatic rings. The Morgan fingerprint density at radius 1 is 1.35 bits per heavy atom. The lowest BCUT2D eigenvalue weighted by Gasteiger charge is -2.39. The molecule has 1 saturated heterocycles. The lowest BCUT2D eigenvalue weighted by Crippen LogP contribution is -2.54. The van der Waals surface area contributed by atoms with Gasteiger partial charge in [-0.1, -0.05) is 13.8 Å². The van der Waals surface area contributed by atoms with Crippen molar-refractivity contribution >= 4 is 0 Å². The zero-order valence-corrected chi connectivity index (χ0v) is 14.3. The Balaban J connectivity index is 2.61. The molecular formula is C16H35N3O. The van der Waals surface area contributed by atoms with Crippen LogP contribution in [0.5, 0.6) is 0 Å². The van der Waals surface area contributed by atoms with Gasteiger partial charge in [0.2, 0.25) is 0 Å². The molecule has 0 spiro atoms. The summed E-state index contributed by atoms with van der Waals surface area (Å²) in [6, 6.07) is 1.57.